The fraction of sp³-hybridized carbons (Fsp3) is 0.412. The van der Waals surface area contributed by atoms with E-state index in [2.05, 4.69) is 4.98 Å². The molecule has 1 aromatic carbocycles. The molecule has 3 rings (SSSR count). The Morgan fingerprint density at radius 3 is 2.50 bits per heavy atom. The van der Waals surface area contributed by atoms with Gasteiger partial charge in [0.15, 0.2) is 6.23 Å². The number of aromatic amines is 1. The lowest BCUT2D eigenvalue weighted by Crippen LogP contribution is -2.39. The summed E-state index contributed by atoms with van der Waals surface area (Å²) in [5.41, 5.74) is -0.304. The topological polar surface area (TPSA) is 134 Å². The summed E-state index contributed by atoms with van der Waals surface area (Å²) in [5.74, 6) is 0. The minimum Gasteiger partial charge on any atom is -0.394 e. The van der Waals surface area contributed by atoms with E-state index in [4.69, 9.17) is 14.6 Å². The van der Waals surface area contributed by atoms with Crippen molar-refractivity contribution in [2.24, 2.45) is 0 Å². The number of nitrogens with zero attached hydrogens (tertiary/aromatic N) is 1. The van der Waals surface area contributed by atoms with Crippen molar-refractivity contribution in [3.63, 3.8) is 0 Å². The second-order valence-corrected chi connectivity index (χ2v) is 6.03. The van der Waals surface area contributed by atoms with Crippen molar-refractivity contribution in [3.8, 4) is 0 Å². The number of ether oxygens (including phenoxy) is 2. The van der Waals surface area contributed by atoms with E-state index in [9.17, 15) is 19.8 Å². The molecule has 0 radical (unpaired) electrons. The molecule has 0 saturated carbocycles. The third-order valence-corrected chi connectivity index (χ3v) is 4.20. The first-order valence-corrected chi connectivity index (χ1v) is 8.09. The molecular weight excluding hydrogens is 344 g/mol. The molecule has 1 saturated heterocycles. The summed E-state index contributed by atoms with van der Waals surface area (Å²) < 4.78 is 11.8. The lowest BCUT2D eigenvalue weighted by atomic mass is 10.1. The summed E-state index contributed by atoms with van der Waals surface area (Å²) in [6.07, 6.45) is -3.78. The Balaban J connectivity index is 1.77. The maximum Gasteiger partial charge on any atom is 0.330 e. The number of rotatable bonds is 6. The molecule has 1 fully saturated rings. The molecule has 0 amide bonds. The Morgan fingerprint density at radius 1 is 1.12 bits per heavy atom. The first kappa shape index (κ1) is 18.5. The van der Waals surface area contributed by atoms with Crippen LogP contribution in [-0.2, 0) is 22.7 Å². The van der Waals surface area contributed by atoms with Gasteiger partial charge in [-0.05, 0) is 5.56 Å². The summed E-state index contributed by atoms with van der Waals surface area (Å²) in [7, 11) is 0. The van der Waals surface area contributed by atoms with Gasteiger partial charge in [-0.1, -0.05) is 30.3 Å². The molecule has 9 nitrogen and oxygen atoms in total. The van der Waals surface area contributed by atoms with Crippen LogP contribution < -0.4 is 11.2 Å². The molecule has 2 heterocycles. The van der Waals surface area contributed by atoms with Crippen LogP contribution in [0.5, 0.6) is 0 Å². The van der Waals surface area contributed by atoms with Gasteiger partial charge in [0.1, 0.15) is 18.3 Å². The van der Waals surface area contributed by atoms with Crippen molar-refractivity contribution < 1.29 is 24.8 Å². The molecule has 1 aliphatic rings. The number of hydrogen-bond donors (Lipinski definition) is 4. The maximum atomic E-state index is 12.1. The average Bonchev–Trinajstić information content (AvgIpc) is 2.92. The van der Waals surface area contributed by atoms with Crippen LogP contribution >= 0.6 is 0 Å². The number of aromatic nitrogens is 2. The number of nitrogens with one attached hydrogen (secondary N) is 1. The third-order valence-electron chi connectivity index (χ3n) is 4.20. The molecule has 1 aromatic heterocycles. The van der Waals surface area contributed by atoms with Crippen LogP contribution in [0.2, 0.25) is 0 Å². The van der Waals surface area contributed by atoms with E-state index in [1.165, 1.54) is 6.20 Å². The lowest BCUT2D eigenvalue weighted by molar-refractivity contribution is -0.0553. The molecule has 0 aliphatic carbocycles. The predicted molar refractivity (Wildman–Crippen MR) is 89.3 cm³/mol. The van der Waals surface area contributed by atoms with Gasteiger partial charge in [-0.2, -0.15) is 0 Å². The molecule has 26 heavy (non-hydrogen) atoms. The zero-order valence-corrected chi connectivity index (χ0v) is 13.8. The molecule has 1 aliphatic heterocycles. The third kappa shape index (κ3) is 3.76. The van der Waals surface area contributed by atoms with Crippen molar-refractivity contribution in [2.45, 2.75) is 37.8 Å². The maximum absolute atomic E-state index is 12.1. The van der Waals surface area contributed by atoms with E-state index in [0.717, 1.165) is 10.1 Å². The monoisotopic (exact) mass is 364 g/mol. The SMILES string of the molecule is O=c1[nH]c(=O)n([C@H]2O[C@H](CO)[C@@H](O)[C@H]2O)cc1COCc1ccccc1. The van der Waals surface area contributed by atoms with Gasteiger partial charge in [0.05, 0.1) is 25.4 Å². The van der Waals surface area contributed by atoms with Crippen LogP contribution in [-0.4, -0.2) is 49.8 Å². The highest BCUT2D eigenvalue weighted by molar-refractivity contribution is 5.13. The van der Waals surface area contributed by atoms with Gasteiger partial charge in [-0.15, -0.1) is 0 Å². The van der Waals surface area contributed by atoms with Crippen LogP contribution in [0.4, 0.5) is 0 Å². The lowest BCUT2D eigenvalue weighted by Gasteiger charge is -2.18. The highest BCUT2D eigenvalue weighted by Crippen LogP contribution is 2.28. The molecule has 2 aromatic rings. The van der Waals surface area contributed by atoms with Crippen molar-refractivity contribution in [1.29, 1.82) is 0 Å². The highest BCUT2D eigenvalue weighted by atomic mass is 16.6. The Bertz CT molecular complexity index is 848. The van der Waals surface area contributed by atoms with E-state index in [-0.39, 0.29) is 18.8 Å². The van der Waals surface area contributed by atoms with Gasteiger partial charge < -0.3 is 24.8 Å². The molecule has 9 heteroatoms. The molecular formula is C17H20N2O7. The summed E-state index contributed by atoms with van der Waals surface area (Å²) in [4.78, 5) is 26.2. The summed E-state index contributed by atoms with van der Waals surface area (Å²) in [6.45, 7) is -0.285. The first-order valence-electron chi connectivity index (χ1n) is 8.09. The van der Waals surface area contributed by atoms with Crippen LogP contribution in [0.1, 0.15) is 17.4 Å². The quantitative estimate of drug-likeness (QED) is 0.509. The van der Waals surface area contributed by atoms with Crippen molar-refractivity contribution in [1.82, 2.24) is 9.55 Å². The number of aliphatic hydroxyl groups excluding tert-OH is 3. The van der Waals surface area contributed by atoms with Crippen molar-refractivity contribution in [3.05, 3.63) is 68.5 Å². The Hall–Kier alpha value is -2.30. The van der Waals surface area contributed by atoms with Gasteiger partial charge in [0, 0.05) is 6.20 Å². The standard InChI is InChI=1S/C17H20N2O7/c20-7-12-13(21)14(22)16(26-12)19-6-11(15(23)18-17(19)24)9-25-8-10-4-2-1-3-5-10/h1-6,12-14,16,20-22H,7-9H2,(H,18,23,24)/t12-,13-,14-,16+/m1/s1. The molecule has 0 unspecified atom stereocenters. The average molecular weight is 364 g/mol. The van der Waals surface area contributed by atoms with Gasteiger partial charge >= 0.3 is 5.69 Å². The number of hydrogen-bond acceptors (Lipinski definition) is 7. The Kier molecular flexibility index (Phi) is 5.64. The Morgan fingerprint density at radius 2 is 1.85 bits per heavy atom. The second-order valence-electron chi connectivity index (χ2n) is 6.03. The first-order chi connectivity index (χ1) is 12.5. The van der Waals surface area contributed by atoms with E-state index in [1.54, 1.807) is 0 Å². The smallest absolute Gasteiger partial charge is 0.330 e. The molecule has 4 N–H and O–H groups in total. The predicted octanol–water partition coefficient (Wildman–Crippen LogP) is -1.14. The van der Waals surface area contributed by atoms with E-state index >= 15 is 0 Å². The fourth-order valence-electron chi connectivity index (χ4n) is 2.78. The van der Waals surface area contributed by atoms with Crippen molar-refractivity contribution >= 4 is 0 Å². The summed E-state index contributed by atoms with van der Waals surface area (Å²) in [5, 5.41) is 29.0. The number of benzene rings is 1. The minimum absolute atomic E-state index is 0.0562. The van der Waals surface area contributed by atoms with Crippen LogP contribution in [0.3, 0.4) is 0 Å². The van der Waals surface area contributed by atoms with Crippen LogP contribution in [0, 0.1) is 0 Å². The zero-order valence-electron chi connectivity index (χ0n) is 13.8. The van der Waals surface area contributed by atoms with E-state index in [0.29, 0.717) is 0 Å². The minimum atomic E-state index is -1.42. The molecule has 4 atom stereocenters. The molecule has 0 spiro atoms. The summed E-state index contributed by atoms with van der Waals surface area (Å²) in [6, 6.07) is 9.38. The largest absolute Gasteiger partial charge is 0.394 e. The number of aliphatic hydroxyl groups is 3. The Labute approximate surface area is 148 Å². The number of H-pyrrole nitrogens is 1. The summed E-state index contributed by atoms with van der Waals surface area (Å²) >= 11 is 0. The zero-order chi connectivity index (χ0) is 18.7. The normalized spacial score (nSPS) is 25.5. The molecule has 0 bridgehead atoms. The van der Waals surface area contributed by atoms with Gasteiger partial charge in [-0.3, -0.25) is 14.3 Å². The second kappa shape index (κ2) is 7.94. The van der Waals surface area contributed by atoms with Crippen LogP contribution in [0.15, 0.2) is 46.1 Å². The van der Waals surface area contributed by atoms with E-state index < -0.39 is 42.4 Å². The van der Waals surface area contributed by atoms with Gasteiger partial charge in [0.2, 0.25) is 0 Å². The van der Waals surface area contributed by atoms with Gasteiger partial charge in [0.25, 0.3) is 5.56 Å². The highest BCUT2D eigenvalue weighted by Gasteiger charge is 2.43. The van der Waals surface area contributed by atoms with Crippen molar-refractivity contribution in [2.75, 3.05) is 6.61 Å². The van der Waals surface area contributed by atoms with Gasteiger partial charge in [-0.25, -0.2) is 4.79 Å². The molecule has 140 valence electrons. The van der Waals surface area contributed by atoms with E-state index in [1.807, 2.05) is 30.3 Å². The van der Waals surface area contributed by atoms with Crippen LogP contribution in [0.25, 0.3) is 0 Å². The fourth-order valence-corrected chi connectivity index (χ4v) is 2.78.